The SMILES string of the molecule is Cc1c(S)cc2ccsc2c1N. The third kappa shape index (κ3) is 1.01. The number of nitrogen functional groups attached to an aromatic ring is 1. The van der Waals surface area contributed by atoms with Crippen LogP contribution in [-0.2, 0) is 0 Å². The zero-order valence-corrected chi connectivity index (χ0v) is 8.38. The van der Waals surface area contributed by atoms with Crippen LogP contribution in [-0.4, -0.2) is 0 Å². The van der Waals surface area contributed by atoms with Crippen LogP contribution < -0.4 is 5.73 Å². The number of nitrogens with two attached hydrogens (primary N) is 1. The van der Waals surface area contributed by atoms with E-state index >= 15 is 0 Å². The van der Waals surface area contributed by atoms with E-state index in [1.165, 1.54) is 10.1 Å². The number of anilines is 1. The minimum atomic E-state index is 0.868. The fourth-order valence-electron chi connectivity index (χ4n) is 1.22. The number of benzene rings is 1. The van der Waals surface area contributed by atoms with Gasteiger partial charge in [0.1, 0.15) is 0 Å². The summed E-state index contributed by atoms with van der Waals surface area (Å²) in [5.74, 6) is 0. The third-order valence-electron chi connectivity index (χ3n) is 2.02. The summed E-state index contributed by atoms with van der Waals surface area (Å²) in [4.78, 5) is 0.971. The molecule has 1 aromatic carbocycles. The lowest BCUT2D eigenvalue weighted by Gasteiger charge is -2.04. The molecule has 0 amide bonds. The molecule has 0 unspecified atom stereocenters. The van der Waals surface area contributed by atoms with Gasteiger partial charge in [-0.2, -0.15) is 0 Å². The molecule has 0 aliphatic rings. The van der Waals surface area contributed by atoms with Crippen molar-refractivity contribution in [2.75, 3.05) is 5.73 Å². The molecule has 0 aliphatic heterocycles. The summed E-state index contributed by atoms with van der Waals surface area (Å²) in [5.41, 5.74) is 7.87. The summed E-state index contributed by atoms with van der Waals surface area (Å²) in [6.45, 7) is 2.00. The molecule has 12 heavy (non-hydrogen) atoms. The fourth-order valence-corrected chi connectivity index (χ4v) is 2.37. The lowest BCUT2D eigenvalue weighted by molar-refractivity contribution is 1.35. The van der Waals surface area contributed by atoms with Crippen molar-refractivity contribution in [3.63, 3.8) is 0 Å². The second kappa shape index (κ2) is 2.68. The number of thiol groups is 1. The Morgan fingerprint density at radius 2 is 2.25 bits per heavy atom. The number of fused-ring (bicyclic) bond motifs is 1. The maximum Gasteiger partial charge on any atom is 0.0575 e. The highest BCUT2D eigenvalue weighted by Gasteiger charge is 2.05. The van der Waals surface area contributed by atoms with Crippen molar-refractivity contribution in [2.24, 2.45) is 0 Å². The number of thiophene rings is 1. The van der Waals surface area contributed by atoms with Gasteiger partial charge >= 0.3 is 0 Å². The van der Waals surface area contributed by atoms with Gasteiger partial charge in [-0.3, -0.25) is 0 Å². The molecule has 2 rings (SSSR count). The Labute approximate surface area is 80.6 Å². The molecular weight excluding hydrogens is 186 g/mol. The summed E-state index contributed by atoms with van der Waals surface area (Å²) in [5, 5.41) is 3.24. The van der Waals surface area contributed by atoms with E-state index in [4.69, 9.17) is 5.73 Å². The van der Waals surface area contributed by atoms with Gasteiger partial charge in [0.05, 0.1) is 10.4 Å². The highest BCUT2D eigenvalue weighted by atomic mass is 32.1. The minimum Gasteiger partial charge on any atom is -0.397 e. The second-order valence-electron chi connectivity index (χ2n) is 2.77. The monoisotopic (exact) mass is 195 g/mol. The topological polar surface area (TPSA) is 26.0 Å². The number of hydrogen-bond donors (Lipinski definition) is 2. The Balaban J connectivity index is 2.94. The van der Waals surface area contributed by atoms with Crippen LogP contribution in [0.5, 0.6) is 0 Å². The standard InChI is InChI=1S/C9H9NS2/c1-5-7(11)4-6-2-3-12-9(6)8(5)10/h2-4,11H,10H2,1H3. The molecule has 1 heterocycles. The molecule has 0 atom stereocenters. The third-order valence-corrected chi connectivity index (χ3v) is 3.45. The highest BCUT2D eigenvalue weighted by Crippen LogP contribution is 2.33. The molecule has 1 aromatic heterocycles. The maximum atomic E-state index is 5.93. The molecule has 2 N–H and O–H groups in total. The summed E-state index contributed by atoms with van der Waals surface area (Å²) in [7, 11) is 0. The molecular formula is C9H9NS2. The predicted octanol–water partition coefficient (Wildman–Crippen LogP) is 3.08. The lowest BCUT2D eigenvalue weighted by Crippen LogP contribution is -1.90. The molecule has 0 fully saturated rings. The van der Waals surface area contributed by atoms with Gasteiger partial charge in [-0.25, -0.2) is 0 Å². The average molecular weight is 195 g/mol. The van der Waals surface area contributed by atoms with Crippen LogP contribution in [0.25, 0.3) is 10.1 Å². The first-order valence-electron chi connectivity index (χ1n) is 3.65. The maximum absolute atomic E-state index is 5.93. The molecule has 0 aliphatic carbocycles. The predicted molar refractivity (Wildman–Crippen MR) is 58.2 cm³/mol. The molecule has 2 aromatic rings. The van der Waals surface area contributed by atoms with Crippen LogP contribution in [0.2, 0.25) is 0 Å². The van der Waals surface area contributed by atoms with Gasteiger partial charge in [0.25, 0.3) is 0 Å². The summed E-state index contributed by atoms with van der Waals surface area (Å²) in [6, 6.07) is 4.12. The van der Waals surface area contributed by atoms with E-state index in [1.54, 1.807) is 11.3 Å². The van der Waals surface area contributed by atoms with Crippen LogP contribution in [0.15, 0.2) is 22.4 Å². The van der Waals surface area contributed by atoms with E-state index in [9.17, 15) is 0 Å². The molecule has 0 saturated carbocycles. The molecule has 3 heteroatoms. The Morgan fingerprint density at radius 1 is 1.50 bits per heavy atom. The zero-order valence-electron chi connectivity index (χ0n) is 6.66. The van der Waals surface area contributed by atoms with E-state index in [-0.39, 0.29) is 0 Å². The van der Waals surface area contributed by atoms with Gasteiger partial charge in [-0.05, 0) is 35.4 Å². The lowest BCUT2D eigenvalue weighted by atomic mass is 10.1. The van der Waals surface area contributed by atoms with Crippen molar-refractivity contribution in [3.8, 4) is 0 Å². The first kappa shape index (κ1) is 7.95. The van der Waals surface area contributed by atoms with E-state index in [0.717, 1.165) is 16.1 Å². The fraction of sp³-hybridized carbons (Fsp3) is 0.111. The summed E-state index contributed by atoms with van der Waals surface area (Å²) in [6.07, 6.45) is 0. The summed E-state index contributed by atoms with van der Waals surface area (Å²) < 4.78 is 1.17. The first-order chi connectivity index (χ1) is 5.70. The van der Waals surface area contributed by atoms with Crippen molar-refractivity contribution in [1.29, 1.82) is 0 Å². The highest BCUT2D eigenvalue weighted by molar-refractivity contribution is 7.80. The Bertz CT molecular complexity index is 431. The summed E-state index contributed by atoms with van der Waals surface area (Å²) >= 11 is 6.02. The minimum absolute atomic E-state index is 0.868. The van der Waals surface area contributed by atoms with Crippen LogP contribution in [0.3, 0.4) is 0 Å². The number of hydrogen-bond acceptors (Lipinski definition) is 3. The van der Waals surface area contributed by atoms with E-state index in [1.807, 2.05) is 12.3 Å². The van der Waals surface area contributed by atoms with E-state index in [2.05, 4.69) is 24.8 Å². The van der Waals surface area contributed by atoms with Gasteiger partial charge in [-0.1, -0.05) is 0 Å². The molecule has 1 nitrogen and oxygen atoms in total. The Hall–Kier alpha value is -0.670. The van der Waals surface area contributed by atoms with E-state index in [0.29, 0.717) is 0 Å². The van der Waals surface area contributed by atoms with E-state index < -0.39 is 0 Å². The average Bonchev–Trinajstić information content (AvgIpc) is 2.48. The smallest absolute Gasteiger partial charge is 0.0575 e. The van der Waals surface area contributed by atoms with Crippen LogP contribution >= 0.6 is 24.0 Å². The molecule has 62 valence electrons. The van der Waals surface area contributed by atoms with Crippen molar-refractivity contribution in [1.82, 2.24) is 0 Å². The molecule has 0 saturated heterocycles. The van der Waals surface area contributed by atoms with Gasteiger partial charge in [0, 0.05) is 4.90 Å². The van der Waals surface area contributed by atoms with Crippen LogP contribution in [0.1, 0.15) is 5.56 Å². The molecule has 0 spiro atoms. The van der Waals surface area contributed by atoms with Gasteiger partial charge in [0.15, 0.2) is 0 Å². The normalized spacial score (nSPS) is 10.8. The largest absolute Gasteiger partial charge is 0.397 e. The van der Waals surface area contributed by atoms with Gasteiger partial charge in [0.2, 0.25) is 0 Å². The first-order valence-corrected chi connectivity index (χ1v) is 4.98. The van der Waals surface area contributed by atoms with Gasteiger partial charge < -0.3 is 5.73 Å². The zero-order chi connectivity index (χ0) is 8.72. The molecule has 0 radical (unpaired) electrons. The Kier molecular flexibility index (Phi) is 1.77. The molecule has 0 bridgehead atoms. The van der Waals surface area contributed by atoms with Gasteiger partial charge in [-0.15, -0.1) is 24.0 Å². The van der Waals surface area contributed by atoms with Crippen molar-refractivity contribution in [2.45, 2.75) is 11.8 Å². The second-order valence-corrected chi connectivity index (χ2v) is 4.17. The van der Waals surface area contributed by atoms with Crippen molar-refractivity contribution < 1.29 is 0 Å². The van der Waals surface area contributed by atoms with Crippen molar-refractivity contribution >= 4 is 39.7 Å². The quantitative estimate of drug-likeness (QED) is 0.490. The van der Waals surface area contributed by atoms with Crippen LogP contribution in [0.4, 0.5) is 5.69 Å². The number of rotatable bonds is 0. The Morgan fingerprint density at radius 3 is 3.00 bits per heavy atom. The van der Waals surface area contributed by atoms with Crippen molar-refractivity contribution in [3.05, 3.63) is 23.1 Å². The van der Waals surface area contributed by atoms with Crippen LogP contribution in [0, 0.1) is 6.92 Å².